The number of para-hydroxylation sites is 2. The molecule has 4 heteroatoms. The standard InChI is InChI=1S/C19H16FN3/c20-15-11-13-18(14-12-15)23(17-9-5-2-6-10-17)19(21)22-16-7-3-1-4-8-16/h1-14H,(H2,21,22). The molecule has 0 amide bonds. The molecule has 3 rings (SSSR count). The summed E-state index contributed by atoms with van der Waals surface area (Å²) in [5.74, 6) is 0.0225. The lowest BCUT2D eigenvalue weighted by atomic mass is 10.2. The number of guanidine groups is 1. The van der Waals surface area contributed by atoms with E-state index in [9.17, 15) is 4.39 Å². The molecular weight excluding hydrogens is 289 g/mol. The minimum Gasteiger partial charge on any atom is -0.369 e. The number of benzene rings is 3. The van der Waals surface area contributed by atoms with Gasteiger partial charge in [0.05, 0.1) is 5.69 Å². The first-order valence-electron chi connectivity index (χ1n) is 7.24. The third-order valence-corrected chi connectivity index (χ3v) is 3.33. The average Bonchev–Trinajstić information content (AvgIpc) is 2.59. The second-order valence-corrected chi connectivity index (χ2v) is 4.95. The van der Waals surface area contributed by atoms with E-state index in [0.29, 0.717) is 5.96 Å². The normalized spacial score (nSPS) is 11.3. The minimum atomic E-state index is -0.291. The number of anilines is 2. The molecular formula is C19H16FN3. The van der Waals surface area contributed by atoms with E-state index in [0.717, 1.165) is 17.1 Å². The predicted octanol–water partition coefficient (Wildman–Crippen LogP) is 4.61. The maximum atomic E-state index is 13.2. The van der Waals surface area contributed by atoms with Gasteiger partial charge in [0.15, 0.2) is 0 Å². The highest BCUT2D eigenvalue weighted by molar-refractivity contribution is 6.02. The number of hydrogen-bond acceptors (Lipinski definition) is 1. The third-order valence-electron chi connectivity index (χ3n) is 3.33. The maximum Gasteiger partial charge on any atom is 0.205 e. The molecule has 0 radical (unpaired) electrons. The second kappa shape index (κ2) is 6.75. The van der Waals surface area contributed by atoms with Crippen LogP contribution >= 0.6 is 0 Å². The summed E-state index contributed by atoms with van der Waals surface area (Å²) in [7, 11) is 0. The number of rotatable bonds is 3. The largest absolute Gasteiger partial charge is 0.369 e. The van der Waals surface area contributed by atoms with Gasteiger partial charge in [-0.3, -0.25) is 4.90 Å². The summed E-state index contributed by atoms with van der Waals surface area (Å²) in [6, 6.07) is 25.3. The third kappa shape index (κ3) is 3.55. The van der Waals surface area contributed by atoms with Crippen LogP contribution in [-0.4, -0.2) is 5.96 Å². The molecule has 0 atom stereocenters. The van der Waals surface area contributed by atoms with Gasteiger partial charge in [0, 0.05) is 11.4 Å². The molecule has 0 aliphatic rings. The van der Waals surface area contributed by atoms with Gasteiger partial charge in [-0.25, -0.2) is 9.38 Å². The van der Waals surface area contributed by atoms with Crippen molar-refractivity contribution < 1.29 is 4.39 Å². The van der Waals surface area contributed by atoms with Crippen LogP contribution in [0.1, 0.15) is 0 Å². The van der Waals surface area contributed by atoms with Crippen molar-refractivity contribution in [2.45, 2.75) is 0 Å². The lowest BCUT2D eigenvalue weighted by molar-refractivity contribution is 0.628. The molecule has 3 nitrogen and oxygen atoms in total. The second-order valence-electron chi connectivity index (χ2n) is 4.95. The molecule has 0 saturated heterocycles. The van der Waals surface area contributed by atoms with Gasteiger partial charge in [0.2, 0.25) is 5.96 Å². The highest BCUT2D eigenvalue weighted by Gasteiger charge is 2.13. The van der Waals surface area contributed by atoms with Gasteiger partial charge in [-0.15, -0.1) is 0 Å². The fourth-order valence-electron chi connectivity index (χ4n) is 2.27. The Morgan fingerprint density at radius 2 is 1.26 bits per heavy atom. The van der Waals surface area contributed by atoms with Gasteiger partial charge in [0.1, 0.15) is 5.82 Å². The van der Waals surface area contributed by atoms with Crippen LogP contribution in [0.25, 0.3) is 0 Å². The molecule has 114 valence electrons. The Balaban J connectivity index is 2.05. The molecule has 0 saturated carbocycles. The first kappa shape index (κ1) is 14.8. The molecule has 0 unspecified atom stereocenters. The van der Waals surface area contributed by atoms with Gasteiger partial charge >= 0.3 is 0 Å². The molecule has 23 heavy (non-hydrogen) atoms. The van der Waals surface area contributed by atoms with Gasteiger partial charge in [-0.2, -0.15) is 0 Å². The van der Waals surface area contributed by atoms with Crippen LogP contribution < -0.4 is 10.6 Å². The quantitative estimate of drug-likeness (QED) is 0.567. The van der Waals surface area contributed by atoms with Crippen molar-refractivity contribution in [3.05, 3.63) is 90.7 Å². The van der Waals surface area contributed by atoms with Crippen molar-refractivity contribution in [3.63, 3.8) is 0 Å². The topological polar surface area (TPSA) is 41.6 Å². The smallest absolute Gasteiger partial charge is 0.205 e. The van der Waals surface area contributed by atoms with E-state index in [1.807, 2.05) is 60.7 Å². The van der Waals surface area contributed by atoms with E-state index in [1.165, 1.54) is 12.1 Å². The van der Waals surface area contributed by atoms with Crippen LogP contribution in [-0.2, 0) is 0 Å². The van der Waals surface area contributed by atoms with Crippen LogP contribution in [0.15, 0.2) is 89.9 Å². The number of nitrogens with zero attached hydrogens (tertiary/aromatic N) is 2. The van der Waals surface area contributed by atoms with E-state index in [-0.39, 0.29) is 5.82 Å². The van der Waals surface area contributed by atoms with Gasteiger partial charge in [-0.05, 0) is 48.5 Å². The van der Waals surface area contributed by atoms with E-state index in [4.69, 9.17) is 5.73 Å². The number of aliphatic imine (C=N–C) groups is 1. The zero-order valence-electron chi connectivity index (χ0n) is 12.4. The summed E-state index contributed by atoms with van der Waals surface area (Å²) in [5.41, 5.74) is 8.59. The van der Waals surface area contributed by atoms with Crippen molar-refractivity contribution in [3.8, 4) is 0 Å². The Kier molecular flexibility index (Phi) is 4.34. The summed E-state index contributed by atoms with van der Waals surface area (Å²) >= 11 is 0. The van der Waals surface area contributed by atoms with E-state index < -0.39 is 0 Å². The first-order chi connectivity index (χ1) is 11.2. The molecule has 3 aromatic carbocycles. The number of halogens is 1. The minimum absolute atomic E-state index is 0.291. The summed E-state index contributed by atoms with van der Waals surface area (Å²) in [6.45, 7) is 0. The molecule has 0 aromatic heterocycles. The Hall–Kier alpha value is -3.14. The Labute approximate surface area is 134 Å². The molecule has 0 bridgehead atoms. The SMILES string of the molecule is NC(=Nc1ccccc1)N(c1ccccc1)c1ccc(F)cc1. The van der Waals surface area contributed by atoms with Gasteiger partial charge < -0.3 is 5.73 Å². The zero-order valence-corrected chi connectivity index (χ0v) is 12.4. The zero-order chi connectivity index (χ0) is 16.1. The van der Waals surface area contributed by atoms with E-state index >= 15 is 0 Å². The Morgan fingerprint density at radius 1 is 0.739 bits per heavy atom. The number of nitrogens with two attached hydrogens (primary N) is 1. The van der Waals surface area contributed by atoms with Gasteiger partial charge in [0.25, 0.3) is 0 Å². The monoisotopic (exact) mass is 305 g/mol. The first-order valence-corrected chi connectivity index (χ1v) is 7.24. The highest BCUT2D eigenvalue weighted by atomic mass is 19.1. The summed E-state index contributed by atoms with van der Waals surface area (Å²) in [5, 5.41) is 0. The van der Waals surface area contributed by atoms with Gasteiger partial charge in [-0.1, -0.05) is 36.4 Å². The van der Waals surface area contributed by atoms with E-state index in [2.05, 4.69) is 4.99 Å². The molecule has 2 N–H and O–H groups in total. The fourth-order valence-corrected chi connectivity index (χ4v) is 2.27. The molecule has 0 heterocycles. The van der Waals surface area contributed by atoms with Crippen molar-refractivity contribution >= 4 is 23.0 Å². The predicted molar refractivity (Wildman–Crippen MR) is 92.7 cm³/mol. The molecule has 0 aliphatic heterocycles. The van der Waals surface area contributed by atoms with Crippen molar-refractivity contribution in [1.29, 1.82) is 0 Å². The Morgan fingerprint density at radius 3 is 1.87 bits per heavy atom. The van der Waals surface area contributed by atoms with Crippen molar-refractivity contribution in [2.24, 2.45) is 10.7 Å². The van der Waals surface area contributed by atoms with Crippen molar-refractivity contribution in [1.82, 2.24) is 0 Å². The number of hydrogen-bond donors (Lipinski definition) is 1. The highest BCUT2D eigenvalue weighted by Crippen LogP contribution is 2.26. The van der Waals surface area contributed by atoms with Crippen LogP contribution in [0.2, 0.25) is 0 Å². The van der Waals surface area contributed by atoms with Crippen molar-refractivity contribution in [2.75, 3.05) is 4.90 Å². The summed E-state index contributed by atoms with van der Waals surface area (Å²) in [4.78, 5) is 6.25. The van der Waals surface area contributed by atoms with Crippen LogP contribution in [0.4, 0.5) is 21.5 Å². The van der Waals surface area contributed by atoms with Crippen LogP contribution in [0.5, 0.6) is 0 Å². The summed E-state index contributed by atoms with van der Waals surface area (Å²) < 4.78 is 13.2. The fraction of sp³-hybridized carbons (Fsp3) is 0. The van der Waals surface area contributed by atoms with Crippen LogP contribution in [0, 0.1) is 5.82 Å². The molecule has 3 aromatic rings. The average molecular weight is 305 g/mol. The molecule has 0 fully saturated rings. The lowest BCUT2D eigenvalue weighted by Gasteiger charge is -2.24. The van der Waals surface area contributed by atoms with Crippen LogP contribution in [0.3, 0.4) is 0 Å². The Bertz CT molecular complexity index is 784. The maximum absolute atomic E-state index is 13.2. The summed E-state index contributed by atoms with van der Waals surface area (Å²) in [6.07, 6.45) is 0. The molecule has 0 aliphatic carbocycles. The molecule has 0 spiro atoms. The lowest BCUT2D eigenvalue weighted by Crippen LogP contribution is -2.33. The van der Waals surface area contributed by atoms with E-state index in [1.54, 1.807) is 17.0 Å².